The molecule has 2 fully saturated rings. The van der Waals surface area contributed by atoms with Gasteiger partial charge in [-0.2, -0.15) is 0 Å². The van der Waals surface area contributed by atoms with E-state index in [-0.39, 0.29) is 0 Å². The average Bonchev–Trinajstić information content (AvgIpc) is 2.33. The van der Waals surface area contributed by atoms with Gasteiger partial charge in [-0.25, -0.2) is 0 Å². The summed E-state index contributed by atoms with van der Waals surface area (Å²) in [5.41, 5.74) is -0.474. The van der Waals surface area contributed by atoms with Crippen LogP contribution < -0.4 is 0 Å². The fourth-order valence-electron chi connectivity index (χ4n) is 3.40. The number of rotatable bonds is 0. The summed E-state index contributed by atoms with van der Waals surface area (Å²) >= 11 is 0. The van der Waals surface area contributed by atoms with Crippen molar-refractivity contribution in [3.8, 4) is 0 Å². The molecule has 76 valence electrons. The van der Waals surface area contributed by atoms with Gasteiger partial charge >= 0.3 is 0 Å². The van der Waals surface area contributed by atoms with Crippen molar-refractivity contribution >= 4 is 0 Å². The predicted molar refractivity (Wildman–Crippen MR) is 51.2 cm³/mol. The van der Waals surface area contributed by atoms with Crippen molar-refractivity contribution in [2.24, 2.45) is 17.3 Å². The highest BCUT2D eigenvalue weighted by molar-refractivity contribution is 5.06. The van der Waals surface area contributed by atoms with E-state index in [2.05, 4.69) is 13.8 Å². The van der Waals surface area contributed by atoms with E-state index in [9.17, 15) is 10.2 Å². The topological polar surface area (TPSA) is 40.5 Å². The standard InChI is InChI=1S/C11H20O2/c1-10(2)5-7-4-9(12)11(3,13)8(7)6-10/h7-9,12-13H,4-6H2,1-3H3/t7-,8+,9-,11-/m0/s1. The van der Waals surface area contributed by atoms with E-state index < -0.39 is 11.7 Å². The summed E-state index contributed by atoms with van der Waals surface area (Å²) in [6.45, 7) is 6.31. The van der Waals surface area contributed by atoms with Crippen LogP contribution in [-0.2, 0) is 0 Å². The molecule has 2 saturated carbocycles. The molecule has 2 aliphatic carbocycles. The van der Waals surface area contributed by atoms with Crippen LogP contribution in [0.5, 0.6) is 0 Å². The van der Waals surface area contributed by atoms with Gasteiger partial charge in [-0.15, -0.1) is 0 Å². The number of fused-ring (bicyclic) bond motifs is 1. The molecule has 0 saturated heterocycles. The average molecular weight is 184 g/mol. The van der Waals surface area contributed by atoms with Crippen molar-refractivity contribution in [3.05, 3.63) is 0 Å². The van der Waals surface area contributed by atoms with Gasteiger partial charge in [-0.3, -0.25) is 0 Å². The van der Waals surface area contributed by atoms with Crippen molar-refractivity contribution in [3.63, 3.8) is 0 Å². The van der Waals surface area contributed by atoms with Crippen molar-refractivity contribution in [1.82, 2.24) is 0 Å². The Hall–Kier alpha value is -0.0800. The summed E-state index contributed by atoms with van der Waals surface area (Å²) in [4.78, 5) is 0. The molecule has 2 heteroatoms. The zero-order valence-corrected chi connectivity index (χ0v) is 8.75. The van der Waals surface area contributed by atoms with Gasteiger partial charge in [0.05, 0.1) is 11.7 Å². The van der Waals surface area contributed by atoms with Gasteiger partial charge in [0.25, 0.3) is 0 Å². The summed E-state index contributed by atoms with van der Waals surface area (Å²) < 4.78 is 0. The fraction of sp³-hybridized carbons (Fsp3) is 1.00. The van der Waals surface area contributed by atoms with E-state index in [4.69, 9.17) is 0 Å². The third kappa shape index (κ3) is 1.31. The van der Waals surface area contributed by atoms with Crippen LogP contribution >= 0.6 is 0 Å². The molecule has 0 aromatic rings. The summed E-state index contributed by atoms with van der Waals surface area (Å²) in [5, 5.41) is 19.8. The van der Waals surface area contributed by atoms with Crippen LogP contribution in [-0.4, -0.2) is 21.9 Å². The van der Waals surface area contributed by atoms with Crippen LogP contribution in [0.15, 0.2) is 0 Å². The van der Waals surface area contributed by atoms with Crippen LogP contribution in [0.3, 0.4) is 0 Å². The van der Waals surface area contributed by atoms with E-state index in [1.165, 1.54) is 0 Å². The van der Waals surface area contributed by atoms with Crippen LogP contribution in [0.2, 0.25) is 0 Å². The van der Waals surface area contributed by atoms with Crippen molar-refractivity contribution in [1.29, 1.82) is 0 Å². The molecule has 2 nitrogen and oxygen atoms in total. The van der Waals surface area contributed by atoms with E-state index in [1.54, 1.807) is 6.92 Å². The lowest BCUT2D eigenvalue weighted by molar-refractivity contribution is -0.0707. The van der Waals surface area contributed by atoms with Gasteiger partial charge < -0.3 is 10.2 Å². The minimum Gasteiger partial charge on any atom is -0.390 e. The minimum atomic E-state index is -0.835. The summed E-state index contributed by atoms with van der Waals surface area (Å²) in [7, 11) is 0. The molecular weight excluding hydrogens is 164 g/mol. The number of aliphatic hydroxyl groups is 2. The van der Waals surface area contributed by atoms with E-state index in [1.807, 2.05) is 0 Å². The zero-order chi connectivity index (χ0) is 9.85. The highest BCUT2D eigenvalue weighted by atomic mass is 16.3. The Balaban J connectivity index is 2.21. The first-order valence-electron chi connectivity index (χ1n) is 5.23. The largest absolute Gasteiger partial charge is 0.390 e. The number of hydrogen-bond acceptors (Lipinski definition) is 2. The van der Waals surface area contributed by atoms with E-state index >= 15 is 0 Å². The number of hydrogen-bond donors (Lipinski definition) is 2. The first-order chi connectivity index (χ1) is 5.83. The monoisotopic (exact) mass is 184 g/mol. The van der Waals surface area contributed by atoms with Crippen molar-refractivity contribution in [2.75, 3.05) is 0 Å². The SMILES string of the molecule is CC1(C)C[C@@H]2C[C@H](O)[C@@](C)(O)[C@@H]2C1. The third-order valence-electron chi connectivity index (χ3n) is 4.11. The fourth-order valence-corrected chi connectivity index (χ4v) is 3.40. The molecule has 0 amide bonds. The zero-order valence-electron chi connectivity index (χ0n) is 8.75. The Morgan fingerprint density at radius 1 is 1.15 bits per heavy atom. The molecule has 0 radical (unpaired) electrons. The first-order valence-corrected chi connectivity index (χ1v) is 5.23. The van der Waals surface area contributed by atoms with Gasteiger partial charge in [-0.1, -0.05) is 13.8 Å². The quantitative estimate of drug-likeness (QED) is 0.599. The Morgan fingerprint density at radius 3 is 2.31 bits per heavy atom. The second-order valence-electron chi connectivity index (χ2n) is 5.92. The lowest BCUT2D eigenvalue weighted by atomic mass is 9.83. The molecule has 2 N–H and O–H groups in total. The Morgan fingerprint density at radius 2 is 1.77 bits per heavy atom. The summed E-state index contributed by atoms with van der Waals surface area (Å²) in [6, 6.07) is 0. The lowest BCUT2D eigenvalue weighted by Crippen LogP contribution is -2.40. The van der Waals surface area contributed by atoms with Crippen LogP contribution in [0.25, 0.3) is 0 Å². The van der Waals surface area contributed by atoms with E-state index in [0.29, 0.717) is 17.3 Å². The maximum atomic E-state index is 10.1. The molecular formula is C11H20O2. The van der Waals surface area contributed by atoms with E-state index in [0.717, 1.165) is 19.3 Å². The molecule has 13 heavy (non-hydrogen) atoms. The van der Waals surface area contributed by atoms with Crippen molar-refractivity contribution in [2.45, 2.75) is 51.7 Å². The smallest absolute Gasteiger partial charge is 0.0908 e. The summed E-state index contributed by atoms with van der Waals surface area (Å²) in [5.74, 6) is 0.859. The van der Waals surface area contributed by atoms with Gasteiger partial charge in [-0.05, 0) is 43.4 Å². The molecule has 0 bridgehead atoms. The molecule has 4 atom stereocenters. The normalized spacial score (nSPS) is 53.8. The van der Waals surface area contributed by atoms with Gasteiger partial charge in [0.2, 0.25) is 0 Å². The van der Waals surface area contributed by atoms with Crippen molar-refractivity contribution < 1.29 is 10.2 Å². The molecule has 2 aliphatic rings. The predicted octanol–water partition coefficient (Wildman–Crippen LogP) is 1.55. The number of aliphatic hydroxyl groups excluding tert-OH is 1. The molecule has 0 spiro atoms. The first kappa shape index (κ1) is 9.47. The van der Waals surface area contributed by atoms with Gasteiger partial charge in [0.1, 0.15) is 0 Å². The van der Waals surface area contributed by atoms with Gasteiger partial charge in [0, 0.05) is 0 Å². The molecule has 0 aliphatic heterocycles. The summed E-state index contributed by atoms with van der Waals surface area (Å²) in [6.07, 6.45) is 2.51. The van der Waals surface area contributed by atoms with Crippen LogP contribution in [0.1, 0.15) is 40.0 Å². The third-order valence-corrected chi connectivity index (χ3v) is 4.11. The molecule has 2 rings (SSSR count). The molecule has 0 heterocycles. The second kappa shape index (κ2) is 2.48. The Kier molecular flexibility index (Phi) is 1.81. The Labute approximate surface area is 80.0 Å². The van der Waals surface area contributed by atoms with Gasteiger partial charge in [0.15, 0.2) is 0 Å². The molecule has 0 aromatic carbocycles. The minimum absolute atomic E-state index is 0.317. The van der Waals surface area contributed by atoms with Crippen LogP contribution in [0.4, 0.5) is 0 Å². The highest BCUT2D eigenvalue weighted by Crippen LogP contribution is 2.56. The van der Waals surface area contributed by atoms with Crippen LogP contribution in [0, 0.1) is 17.3 Å². The highest BCUT2D eigenvalue weighted by Gasteiger charge is 2.56. The molecule has 0 aromatic heterocycles. The molecule has 0 unspecified atom stereocenters. The maximum absolute atomic E-state index is 10.1. The Bertz CT molecular complexity index is 220. The maximum Gasteiger partial charge on any atom is 0.0908 e. The lowest BCUT2D eigenvalue weighted by Gasteiger charge is -2.29. The second-order valence-corrected chi connectivity index (χ2v) is 5.92.